The highest BCUT2D eigenvalue weighted by molar-refractivity contribution is 8.13. The smallest absolute Gasteiger partial charge is 0.193 e. The van der Waals surface area contributed by atoms with E-state index in [1.807, 2.05) is 12.1 Å². The molecular weight excluding hydrogens is 534 g/mol. The lowest BCUT2D eigenvalue weighted by Crippen LogP contribution is -2.41. The normalized spacial score (nSPS) is 13.7. The van der Waals surface area contributed by atoms with Crippen LogP contribution in [0.1, 0.15) is 111 Å². The molecule has 2 unspecified atom stereocenters. The number of rotatable bonds is 11. The maximum absolute atomic E-state index is 13.3. The first-order chi connectivity index (χ1) is 19.6. The SMILES string of the molecule is CC(C)CC(C)N(c1ccc(Cc2ccccc2)cc1)C(C)CCC(=O)Sc1cc(C(C)(C)C)c(O)c(C(C)(C)C)c1. The van der Waals surface area contributed by atoms with Crippen LogP contribution in [0.4, 0.5) is 5.69 Å². The Morgan fingerprint density at radius 2 is 1.31 bits per heavy atom. The van der Waals surface area contributed by atoms with Crippen LogP contribution in [0.5, 0.6) is 5.75 Å². The van der Waals surface area contributed by atoms with Gasteiger partial charge in [0.05, 0.1) is 0 Å². The van der Waals surface area contributed by atoms with Crippen molar-refractivity contribution in [1.82, 2.24) is 0 Å². The Labute approximate surface area is 260 Å². The average Bonchev–Trinajstić information content (AvgIpc) is 2.88. The Kier molecular flexibility index (Phi) is 11.4. The standard InChI is InChI=1S/C38H53NO2S/c1-26(2)22-28(4)39(31-19-17-30(18-20-31)23-29-14-12-11-13-15-29)27(3)16-21-35(40)42-32-24-33(37(5,6)7)36(41)34(25-32)38(8,9)10/h11-15,17-20,24-28,41H,16,21-23H2,1-10H3. The number of phenolic OH excluding ortho intramolecular Hbond substituents is 1. The fraction of sp³-hybridized carbons (Fsp3) is 0.500. The molecule has 3 rings (SSSR count). The van der Waals surface area contributed by atoms with Gasteiger partial charge in [0.1, 0.15) is 5.75 Å². The number of phenols is 1. The fourth-order valence-electron chi connectivity index (χ4n) is 5.82. The first kappa shape index (κ1) is 33.8. The number of aromatic hydroxyl groups is 1. The Morgan fingerprint density at radius 1 is 0.786 bits per heavy atom. The summed E-state index contributed by atoms with van der Waals surface area (Å²) in [7, 11) is 0. The van der Waals surface area contributed by atoms with Crippen LogP contribution in [0.3, 0.4) is 0 Å². The number of hydrogen-bond acceptors (Lipinski definition) is 4. The van der Waals surface area contributed by atoms with E-state index in [0.29, 0.717) is 24.1 Å². The maximum atomic E-state index is 13.3. The van der Waals surface area contributed by atoms with E-state index in [9.17, 15) is 9.90 Å². The minimum absolute atomic E-state index is 0.168. The largest absolute Gasteiger partial charge is 0.507 e. The average molecular weight is 588 g/mol. The molecule has 0 heterocycles. The predicted octanol–water partition coefficient (Wildman–Crippen LogP) is 10.3. The lowest BCUT2D eigenvalue weighted by molar-refractivity contribution is -0.111. The number of carbonyl (C=O) groups excluding carboxylic acids is 1. The van der Waals surface area contributed by atoms with Crippen LogP contribution in [-0.4, -0.2) is 22.3 Å². The summed E-state index contributed by atoms with van der Waals surface area (Å²) >= 11 is 1.32. The topological polar surface area (TPSA) is 40.5 Å². The molecule has 2 atom stereocenters. The molecule has 0 spiro atoms. The quantitative estimate of drug-likeness (QED) is 0.227. The molecule has 228 valence electrons. The van der Waals surface area contributed by atoms with E-state index in [2.05, 4.69) is 129 Å². The highest BCUT2D eigenvalue weighted by Crippen LogP contribution is 2.42. The van der Waals surface area contributed by atoms with Gasteiger partial charge >= 0.3 is 0 Å². The third-order valence-electron chi connectivity index (χ3n) is 7.95. The van der Waals surface area contributed by atoms with Crippen LogP contribution < -0.4 is 4.90 Å². The van der Waals surface area contributed by atoms with Crippen molar-refractivity contribution in [3.8, 4) is 5.75 Å². The van der Waals surface area contributed by atoms with Gasteiger partial charge in [-0.15, -0.1) is 0 Å². The Hall–Kier alpha value is -2.72. The minimum Gasteiger partial charge on any atom is -0.507 e. The minimum atomic E-state index is -0.220. The maximum Gasteiger partial charge on any atom is 0.193 e. The molecule has 3 aromatic rings. The van der Waals surface area contributed by atoms with E-state index in [1.54, 1.807) is 0 Å². The summed E-state index contributed by atoms with van der Waals surface area (Å²) in [6.07, 6.45) is 3.31. The zero-order chi connectivity index (χ0) is 31.2. The van der Waals surface area contributed by atoms with Gasteiger partial charge in [0.25, 0.3) is 0 Å². The molecule has 3 nitrogen and oxygen atoms in total. The molecule has 0 amide bonds. The summed E-state index contributed by atoms with van der Waals surface area (Å²) in [5.74, 6) is 0.942. The third-order valence-corrected chi connectivity index (χ3v) is 8.85. The van der Waals surface area contributed by atoms with Crippen molar-refractivity contribution in [2.45, 2.75) is 123 Å². The third kappa shape index (κ3) is 9.39. The molecule has 0 saturated carbocycles. The molecular formula is C38H53NO2S. The monoisotopic (exact) mass is 587 g/mol. The number of carbonyl (C=O) groups is 1. The number of nitrogens with zero attached hydrogens (tertiary/aromatic N) is 1. The summed E-state index contributed by atoms with van der Waals surface area (Å²) in [6.45, 7) is 21.7. The summed E-state index contributed by atoms with van der Waals surface area (Å²) in [5, 5.41) is 11.2. The molecule has 0 aliphatic heterocycles. The molecule has 4 heteroatoms. The molecule has 42 heavy (non-hydrogen) atoms. The molecule has 0 saturated heterocycles. The second-order valence-corrected chi connectivity index (χ2v) is 15.6. The van der Waals surface area contributed by atoms with Crippen LogP contribution >= 0.6 is 11.8 Å². The second kappa shape index (κ2) is 14.2. The van der Waals surface area contributed by atoms with E-state index in [-0.39, 0.29) is 22.0 Å². The van der Waals surface area contributed by atoms with Crippen LogP contribution in [0.2, 0.25) is 0 Å². The van der Waals surface area contributed by atoms with E-state index >= 15 is 0 Å². The van der Waals surface area contributed by atoms with Gasteiger partial charge in [0, 0.05) is 40.2 Å². The van der Waals surface area contributed by atoms with E-state index < -0.39 is 0 Å². The number of benzene rings is 3. The highest BCUT2D eigenvalue weighted by atomic mass is 32.2. The molecule has 0 aliphatic carbocycles. The van der Waals surface area contributed by atoms with Crippen molar-refractivity contribution in [3.63, 3.8) is 0 Å². The molecule has 1 N–H and O–H groups in total. The van der Waals surface area contributed by atoms with E-state index in [4.69, 9.17) is 0 Å². The van der Waals surface area contributed by atoms with Gasteiger partial charge in [-0.1, -0.05) is 110 Å². The van der Waals surface area contributed by atoms with Crippen molar-refractivity contribution in [2.24, 2.45) is 5.92 Å². The molecule has 0 aromatic heterocycles. The Bertz CT molecular complexity index is 1260. The summed E-state index contributed by atoms with van der Waals surface area (Å²) in [6, 6.07) is 24.2. The van der Waals surface area contributed by atoms with Crippen molar-refractivity contribution >= 4 is 22.6 Å². The van der Waals surface area contributed by atoms with Crippen molar-refractivity contribution in [3.05, 3.63) is 89.0 Å². The fourth-order valence-corrected chi connectivity index (χ4v) is 6.65. The summed E-state index contributed by atoms with van der Waals surface area (Å²) in [4.78, 5) is 16.8. The van der Waals surface area contributed by atoms with Crippen LogP contribution in [0, 0.1) is 5.92 Å². The summed E-state index contributed by atoms with van der Waals surface area (Å²) in [5.41, 5.74) is 5.18. The number of thioether (sulfide) groups is 1. The molecule has 3 aromatic carbocycles. The van der Waals surface area contributed by atoms with Crippen molar-refractivity contribution < 1.29 is 9.90 Å². The zero-order valence-electron chi connectivity index (χ0n) is 27.6. The van der Waals surface area contributed by atoms with Crippen molar-refractivity contribution in [2.75, 3.05) is 4.90 Å². The van der Waals surface area contributed by atoms with Crippen molar-refractivity contribution in [1.29, 1.82) is 0 Å². The molecule has 0 radical (unpaired) electrons. The number of anilines is 1. The van der Waals surface area contributed by atoms with Gasteiger partial charge < -0.3 is 10.0 Å². The van der Waals surface area contributed by atoms with E-state index in [0.717, 1.165) is 35.3 Å². The van der Waals surface area contributed by atoms with Crippen LogP contribution in [-0.2, 0) is 22.0 Å². The Balaban J connectivity index is 1.76. The second-order valence-electron chi connectivity index (χ2n) is 14.4. The first-order valence-electron chi connectivity index (χ1n) is 15.6. The molecule has 0 bridgehead atoms. The van der Waals surface area contributed by atoms with Gasteiger partial charge in [-0.3, -0.25) is 4.79 Å². The van der Waals surface area contributed by atoms with Gasteiger partial charge in [-0.05, 0) is 85.3 Å². The predicted molar refractivity (Wildman–Crippen MR) is 182 cm³/mol. The van der Waals surface area contributed by atoms with E-state index in [1.165, 1.54) is 28.6 Å². The lowest BCUT2D eigenvalue weighted by Gasteiger charge is -2.38. The van der Waals surface area contributed by atoms with Gasteiger partial charge in [0.2, 0.25) is 0 Å². The van der Waals surface area contributed by atoms with Gasteiger partial charge in [-0.25, -0.2) is 0 Å². The van der Waals surface area contributed by atoms with Crippen LogP contribution in [0.25, 0.3) is 0 Å². The number of hydrogen-bond donors (Lipinski definition) is 1. The Morgan fingerprint density at radius 3 is 1.81 bits per heavy atom. The summed E-state index contributed by atoms with van der Waals surface area (Å²) < 4.78 is 0. The van der Waals surface area contributed by atoms with Gasteiger partial charge in [0.15, 0.2) is 5.12 Å². The first-order valence-corrected chi connectivity index (χ1v) is 16.4. The van der Waals surface area contributed by atoms with Crippen LogP contribution in [0.15, 0.2) is 71.6 Å². The lowest BCUT2D eigenvalue weighted by atomic mass is 9.79. The van der Waals surface area contributed by atoms with Gasteiger partial charge in [-0.2, -0.15) is 0 Å². The highest BCUT2D eigenvalue weighted by Gasteiger charge is 2.28. The molecule has 0 aliphatic rings. The molecule has 0 fully saturated rings. The zero-order valence-corrected chi connectivity index (χ0v) is 28.4.